The maximum absolute atomic E-state index is 10.0. The average molecular weight is 239 g/mol. The van der Waals surface area contributed by atoms with Gasteiger partial charge in [0.1, 0.15) is 5.82 Å². The third-order valence-corrected chi connectivity index (χ3v) is 2.84. The van der Waals surface area contributed by atoms with E-state index in [1.54, 1.807) is 0 Å². The van der Waals surface area contributed by atoms with E-state index in [4.69, 9.17) is 0 Å². The summed E-state index contributed by atoms with van der Waals surface area (Å²) in [6.45, 7) is 8.45. The summed E-state index contributed by atoms with van der Waals surface area (Å²) in [4.78, 5) is 4.32. The Morgan fingerprint density at radius 2 is 2.18 bits per heavy atom. The Bertz CT molecular complexity index is 320. The van der Waals surface area contributed by atoms with E-state index in [0.29, 0.717) is 13.1 Å². The van der Waals surface area contributed by atoms with Crippen LogP contribution in [0.1, 0.15) is 45.9 Å². The second kappa shape index (κ2) is 6.77. The molecule has 0 saturated heterocycles. The minimum absolute atomic E-state index is 0.611. The number of aryl methyl sites for hydroxylation is 1. The number of aliphatic hydroxyl groups is 1. The van der Waals surface area contributed by atoms with E-state index in [-0.39, 0.29) is 0 Å². The smallest absolute Gasteiger partial charge is 0.122 e. The van der Waals surface area contributed by atoms with Crippen LogP contribution in [-0.2, 0) is 13.1 Å². The number of nitrogens with one attached hydrogen (secondary N) is 1. The van der Waals surface area contributed by atoms with Crippen LogP contribution in [0.25, 0.3) is 0 Å². The molecule has 1 aromatic heterocycles. The summed E-state index contributed by atoms with van der Waals surface area (Å²) in [7, 11) is 0. The predicted octanol–water partition coefficient (Wildman–Crippen LogP) is 1.93. The van der Waals surface area contributed by atoms with Crippen molar-refractivity contribution in [3.8, 4) is 0 Å². The van der Waals surface area contributed by atoms with Gasteiger partial charge in [0.2, 0.25) is 0 Å². The molecule has 0 aliphatic carbocycles. The first kappa shape index (κ1) is 14.2. The number of imidazole rings is 1. The van der Waals surface area contributed by atoms with Crippen molar-refractivity contribution in [2.45, 2.75) is 58.7 Å². The van der Waals surface area contributed by atoms with Gasteiger partial charge in [0.15, 0.2) is 0 Å². The standard InChI is InChI=1S/C13H25N3O/c1-4-6-13(3,17)11-14-10-12-15-7-9-16(12)8-5-2/h7,9,14,17H,4-6,8,10-11H2,1-3H3. The van der Waals surface area contributed by atoms with Gasteiger partial charge in [-0.15, -0.1) is 0 Å². The van der Waals surface area contributed by atoms with Crippen molar-refractivity contribution in [1.82, 2.24) is 14.9 Å². The highest BCUT2D eigenvalue weighted by Gasteiger charge is 2.18. The third kappa shape index (κ3) is 4.88. The Morgan fingerprint density at radius 3 is 2.82 bits per heavy atom. The van der Waals surface area contributed by atoms with Gasteiger partial charge in [-0.1, -0.05) is 20.3 Å². The maximum atomic E-state index is 10.0. The Kier molecular flexibility index (Phi) is 5.65. The summed E-state index contributed by atoms with van der Waals surface area (Å²) >= 11 is 0. The van der Waals surface area contributed by atoms with Crippen LogP contribution in [0.4, 0.5) is 0 Å². The lowest BCUT2D eigenvalue weighted by molar-refractivity contribution is 0.0495. The number of rotatable bonds is 8. The number of hydrogen-bond acceptors (Lipinski definition) is 3. The van der Waals surface area contributed by atoms with Gasteiger partial charge >= 0.3 is 0 Å². The molecule has 0 aliphatic rings. The van der Waals surface area contributed by atoms with Gasteiger partial charge in [-0.3, -0.25) is 0 Å². The molecule has 1 heterocycles. The molecule has 4 heteroatoms. The van der Waals surface area contributed by atoms with Gasteiger partial charge in [-0.2, -0.15) is 0 Å². The molecule has 98 valence electrons. The van der Waals surface area contributed by atoms with E-state index in [9.17, 15) is 5.11 Å². The second-order valence-electron chi connectivity index (χ2n) is 4.89. The van der Waals surface area contributed by atoms with Crippen molar-refractivity contribution in [3.05, 3.63) is 18.2 Å². The van der Waals surface area contributed by atoms with E-state index in [1.165, 1.54) is 0 Å². The fraction of sp³-hybridized carbons (Fsp3) is 0.769. The van der Waals surface area contributed by atoms with E-state index in [1.807, 2.05) is 19.3 Å². The van der Waals surface area contributed by atoms with Gasteiger partial charge in [-0.05, 0) is 19.8 Å². The zero-order chi connectivity index (χ0) is 12.7. The molecule has 0 bridgehead atoms. The van der Waals surface area contributed by atoms with E-state index < -0.39 is 5.60 Å². The van der Waals surface area contributed by atoms with E-state index >= 15 is 0 Å². The van der Waals surface area contributed by atoms with Crippen molar-refractivity contribution < 1.29 is 5.11 Å². The molecule has 1 unspecified atom stereocenters. The number of hydrogen-bond donors (Lipinski definition) is 2. The number of nitrogens with zero attached hydrogens (tertiary/aromatic N) is 2. The fourth-order valence-corrected chi connectivity index (χ4v) is 2.02. The lowest BCUT2D eigenvalue weighted by Gasteiger charge is -2.23. The normalized spacial score (nSPS) is 14.8. The molecule has 0 aromatic carbocycles. The first-order chi connectivity index (χ1) is 8.09. The Hall–Kier alpha value is -0.870. The molecular weight excluding hydrogens is 214 g/mol. The van der Waals surface area contributed by atoms with Crippen LogP contribution in [0.15, 0.2) is 12.4 Å². The van der Waals surface area contributed by atoms with Crippen LogP contribution < -0.4 is 5.32 Å². The Balaban J connectivity index is 2.37. The molecular formula is C13H25N3O. The summed E-state index contributed by atoms with van der Waals surface area (Å²) < 4.78 is 2.15. The van der Waals surface area contributed by atoms with Crippen LogP contribution in [0, 0.1) is 0 Å². The van der Waals surface area contributed by atoms with Crippen LogP contribution >= 0.6 is 0 Å². The van der Waals surface area contributed by atoms with Crippen molar-refractivity contribution in [2.24, 2.45) is 0 Å². The molecule has 1 rings (SSSR count). The summed E-state index contributed by atoms with van der Waals surface area (Å²) in [5.74, 6) is 1.04. The van der Waals surface area contributed by atoms with Gasteiger partial charge in [0.05, 0.1) is 12.1 Å². The topological polar surface area (TPSA) is 50.1 Å². The zero-order valence-corrected chi connectivity index (χ0v) is 11.2. The average Bonchev–Trinajstić information content (AvgIpc) is 2.66. The van der Waals surface area contributed by atoms with E-state index in [2.05, 4.69) is 28.7 Å². The molecule has 1 atom stereocenters. The summed E-state index contributed by atoms with van der Waals surface area (Å²) in [5, 5.41) is 13.3. The third-order valence-electron chi connectivity index (χ3n) is 2.84. The van der Waals surface area contributed by atoms with Gasteiger partial charge < -0.3 is 15.0 Å². The SMILES string of the molecule is CCCn1ccnc1CNCC(C)(O)CCC. The van der Waals surface area contributed by atoms with Crippen LogP contribution in [0.5, 0.6) is 0 Å². The molecule has 0 spiro atoms. The second-order valence-corrected chi connectivity index (χ2v) is 4.89. The quantitative estimate of drug-likeness (QED) is 0.729. The minimum atomic E-state index is -0.614. The zero-order valence-electron chi connectivity index (χ0n) is 11.2. The Labute approximate surface area is 104 Å². The van der Waals surface area contributed by atoms with Gasteiger partial charge in [0.25, 0.3) is 0 Å². The molecule has 1 aromatic rings. The minimum Gasteiger partial charge on any atom is -0.389 e. The molecule has 0 saturated carbocycles. The lowest BCUT2D eigenvalue weighted by Crippen LogP contribution is -2.37. The monoisotopic (exact) mass is 239 g/mol. The van der Waals surface area contributed by atoms with E-state index in [0.717, 1.165) is 31.6 Å². The highest BCUT2D eigenvalue weighted by Crippen LogP contribution is 2.10. The van der Waals surface area contributed by atoms with Crippen molar-refractivity contribution in [3.63, 3.8) is 0 Å². The molecule has 2 N–H and O–H groups in total. The first-order valence-electron chi connectivity index (χ1n) is 6.52. The predicted molar refractivity (Wildman–Crippen MR) is 69.8 cm³/mol. The van der Waals surface area contributed by atoms with Crippen molar-refractivity contribution in [1.29, 1.82) is 0 Å². The lowest BCUT2D eigenvalue weighted by atomic mass is 10.0. The summed E-state index contributed by atoms with van der Waals surface area (Å²) in [6.07, 6.45) is 6.76. The number of aromatic nitrogens is 2. The molecule has 17 heavy (non-hydrogen) atoms. The highest BCUT2D eigenvalue weighted by atomic mass is 16.3. The van der Waals surface area contributed by atoms with Crippen LogP contribution in [0.2, 0.25) is 0 Å². The molecule has 0 amide bonds. The highest BCUT2D eigenvalue weighted by molar-refractivity contribution is 4.92. The summed E-state index contributed by atoms with van der Waals surface area (Å²) in [6, 6.07) is 0. The van der Waals surface area contributed by atoms with Crippen LogP contribution in [0.3, 0.4) is 0 Å². The summed E-state index contributed by atoms with van der Waals surface area (Å²) in [5.41, 5.74) is -0.614. The molecule has 0 aliphatic heterocycles. The molecule has 4 nitrogen and oxygen atoms in total. The van der Waals surface area contributed by atoms with Gasteiger partial charge in [-0.25, -0.2) is 4.98 Å². The molecule has 0 fully saturated rings. The molecule has 0 radical (unpaired) electrons. The van der Waals surface area contributed by atoms with Crippen molar-refractivity contribution >= 4 is 0 Å². The largest absolute Gasteiger partial charge is 0.389 e. The fourth-order valence-electron chi connectivity index (χ4n) is 2.02. The Morgan fingerprint density at radius 1 is 1.41 bits per heavy atom. The van der Waals surface area contributed by atoms with Gasteiger partial charge in [0, 0.05) is 25.5 Å². The van der Waals surface area contributed by atoms with Crippen LogP contribution in [-0.4, -0.2) is 26.8 Å². The first-order valence-corrected chi connectivity index (χ1v) is 6.52. The maximum Gasteiger partial charge on any atom is 0.122 e. The van der Waals surface area contributed by atoms with Crippen molar-refractivity contribution in [2.75, 3.05) is 6.54 Å².